The molecule has 7 heteroatoms. The third kappa shape index (κ3) is 3.66. The molecule has 1 fully saturated rings. The van der Waals surface area contributed by atoms with Gasteiger partial charge in [0, 0.05) is 18.0 Å². The third-order valence-electron chi connectivity index (χ3n) is 7.51. The largest absolute Gasteiger partial charge is 0.480 e. The van der Waals surface area contributed by atoms with Gasteiger partial charge >= 0.3 is 0 Å². The Hall–Kier alpha value is -4.75. The van der Waals surface area contributed by atoms with Gasteiger partial charge in [0.1, 0.15) is 11.2 Å². The van der Waals surface area contributed by atoms with Crippen LogP contribution in [0.15, 0.2) is 116 Å². The molecule has 0 radical (unpaired) electrons. The van der Waals surface area contributed by atoms with Crippen LogP contribution in [0, 0.1) is 0 Å². The van der Waals surface area contributed by atoms with E-state index < -0.39 is 5.54 Å². The van der Waals surface area contributed by atoms with Crippen LogP contribution < -0.4 is 4.74 Å². The van der Waals surface area contributed by atoms with Crippen LogP contribution >= 0.6 is 0 Å². The molecule has 39 heavy (non-hydrogen) atoms. The van der Waals surface area contributed by atoms with Crippen LogP contribution in [-0.2, 0) is 10.3 Å². The van der Waals surface area contributed by atoms with Gasteiger partial charge in [-0.2, -0.15) is 10.2 Å². The molecular weight excluding hydrogens is 486 g/mol. The Morgan fingerprint density at radius 3 is 1.92 bits per heavy atom. The molecule has 7 rings (SSSR count). The zero-order valence-corrected chi connectivity index (χ0v) is 21.5. The Balaban J connectivity index is 1.59. The number of aromatic nitrogens is 5. The van der Waals surface area contributed by atoms with Crippen molar-refractivity contribution in [1.82, 2.24) is 24.5 Å². The van der Waals surface area contributed by atoms with E-state index >= 15 is 0 Å². The minimum Gasteiger partial charge on any atom is -0.480 e. The second-order valence-corrected chi connectivity index (χ2v) is 9.68. The maximum atomic E-state index is 5.81. The average molecular weight is 514 g/mol. The SMILES string of the molecule is COc1nccc2c1c(-c1cnn(C3COC3)c1)nn2C(c1ccccc1)(c1ccccc1)c1ccccc1. The topological polar surface area (TPSA) is 67.0 Å². The van der Waals surface area contributed by atoms with Crippen LogP contribution in [0.1, 0.15) is 22.7 Å². The normalized spacial score (nSPS) is 13.9. The number of rotatable bonds is 7. The number of nitrogens with zero attached hydrogens (tertiary/aromatic N) is 5. The monoisotopic (exact) mass is 513 g/mol. The lowest BCUT2D eigenvalue weighted by Gasteiger charge is -2.37. The molecule has 4 heterocycles. The second kappa shape index (κ2) is 9.53. The standard InChI is InChI=1S/C32H27N5O2/c1-38-31-29-28(17-18-33-31)37(35-30(29)23-19-34-36(20-23)27-21-39-22-27)32(24-11-5-2-6-12-24,25-13-7-3-8-14-25)26-15-9-4-10-16-26/h2-20,27H,21-22H2,1H3. The molecule has 1 aliphatic rings. The van der Waals surface area contributed by atoms with Crippen LogP contribution in [0.4, 0.5) is 0 Å². The summed E-state index contributed by atoms with van der Waals surface area (Å²) < 4.78 is 15.3. The van der Waals surface area contributed by atoms with Crippen molar-refractivity contribution in [1.29, 1.82) is 0 Å². The van der Waals surface area contributed by atoms with E-state index in [1.165, 1.54) is 0 Å². The second-order valence-electron chi connectivity index (χ2n) is 9.68. The number of hydrogen-bond donors (Lipinski definition) is 0. The first-order chi connectivity index (χ1) is 19.3. The summed E-state index contributed by atoms with van der Waals surface area (Å²) in [7, 11) is 1.65. The zero-order valence-electron chi connectivity index (χ0n) is 21.5. The van der Waals surface area contributed by atoms with Crippen LogP contribution in [0.5, 0.6) is 5.88 Å². The molecule has 6 aromatic rings. The summed E-state index contributed by atoms with van der Waals surface area (Å²) in [5, 5.41) is 10.9. The lowest BCUT2D eigenvalue weighted by Crippen LogP contribution is -2.38. The van der Waals surface area contributed by atoms with Gasteiger partial charge in [-0.05, 0) is 22.8 Å². The minimum atomic E-state index is -0.773. The average Bonchev–Trinajstić information content (AvgIpc) is 3.60. The predicted octanol–water partition coefficient (Wildman–Crippen LogP) is 5.71. The first-order valence-corrected chi connectivity index (χ1v) is 13.0. The van der Waals surface area contributed by atoms with Crippen molar-refractivity contribution in [2.75, 3.05) is 20.3 Å². The van der Waals surface area contributed by atoms with Crippen LogP contribution in [0.25, 0.3) is 22.2 Å². The van der Waals surface area contributed by atoms with Gasteiger partial charge in [0.05, 0.1) is 43.5 Å². The Bertz CT molecular complexity index is 1630. The van der Waals surface area contributed by atoms with Crippen molar-refractivity contribution >= 4 is 10.9 Å². The molecule has 7 nitrogen and oxygen atoms in total. The Kier molecular flexibility index (Phi) is 5.71. The van der Waals surface area contributed by atoms with Gasteiger partial charge in [-0.3, -0.25) is 4.68 Å². The summed E-state index contributed by atoms with van der Waals surface area (Å²) in [4.78, 5) is 4.57. The molecule has 0 atom stereocenters. The van der Waals surface area contributed by atoms with E-state index in [4.69, 9.17) is 14.6 Å². The maximum absolute atomic E-state index is 5.81. The van der Waals surface area contributed by atoms with E-state index in [0.717, 1.165) is 38.9 Å². The summed E-state index contributed by atoms with van der Waals surface area (Å²) in [6.45, 7) is 1.33. The number of fused-ring (bicyclic) bond motifs is 1. The molecule has 192 valence electrons. The van der Waals surface area contributed by atoms with E-state index in [2.05, 4.69) is 87.6 Å². The molecule has 3 aromatic carbocycles. The van der Waals surface area contributed by atoms with E-state index in [-0.39, 0.29) is 6.04 Å². The highest BCUT2D eigenvalue weighted by molar-refractivity contribution is 5.97. The van der Waals surface area contributed by atoms with Crippen molar-refractivity contribution in [3.63, 3.8) is 0 Å². The molecule has 0 bridgehead atoms. The van der Waals surface area contributed by atoms with Crippen molar-refractivity contribution < 1.29 is 9.47 Å². The first-order valence-electron chi connectivity index (χ1n) is 13.0. The maximum Gasteiger partial charge on any atom is 0.224 e. The molecule has 0 amide bonds. The summed E-state index contributed by atoms with van der Waals surface area (Å²) >= 11 is 0. The molecule has 0 spiro atoms. The van der Waals surface area contributed by atoms with E-state index in [1.807, 2.05) is 41.3 Å². The van der Waals surface area contributed by atoms with Gasteiger partial charge in [-0.1, -0.05) is 91.0 Å². The molecule has 3 aromatic heterocycles. The number of methoxy groups -OCH3 is 1. The highest BCUT2D eigenvalue weighted by Crippen LogP contribution is 2.45. The fraction of sp³-hybridized carbons (Fsp3) is 0.156. The number of benzene rings is 3. The van der Waals surface area contributed by atoms with Gasteiger partial charge < -0.3 is 9.47 Å². The van der Waals surface area contributed by atoms with Crippen LogP contribution in [0.3, 0.4) is 0 Å². The third-order valence-corrected chi connectivity index (χ3v) is 7.51. The number of hydrogen-bond acceptors (Lipinski definition) is 5. The summed E-state index contributed by atoms with van der Waals surface area (Å²) in [6, 6.07) is 33.9. The van der Waals surface area contributed by atoms with Crippen molar-refractivity contribution in [2.45, 2.75) is 11.6 Å². The highest BCUT2D eigenvalue weighted by Gasteiger charge is 2.41. The molecule has 0 N–H and O–H groups in total. The van der Waals surface area contributed by atoms with Gasteiger partial charge in [-0.25, -0.2) is 9.67 Å². The van der Waals surface area contributed by atoms with Crippen LogP contribution in [0.2, 0.25) is 0 Å². The van der Waals surface area contributed by atoms with E-state index in [1.54, 1.807) is 13.3 Å². The lowest BCUT2D eigenvalue weighted by atomic mass is 9.77. The van der Waals surface area contributed by atoms with Crippen molar-refractivity contribution in [2.24, 2.45) is 0 Å². The number of ether oxygens (including phenoxy) is 2. The molecular formula is C32H27N5O2. The lowest BCUT2D eigenvalue weighted by molar-refractivity contribution is -0.0286. The zero-order chi connectivity index (χ0) is 26.2. The molecule has 0 unspecified atom stereocenters. The summed E-state index contributed by atoms with van der Waals surface area (Å²) in [5.41, 5.74) is 5.09. The predicted molar refractivity (Wildman–Crippen MR) is 150 cm³/mol. The summed E-state index contributed by atoms with van der Waals surface area (Å²) in [5.74, 6) is 0.525. The quantitative estimate of drug-likeness (QED) is 0.256. The van der Waals surface area contributed by atoms with Crippen LogP contribution in [-0.4, -0.2) is 44.9 Å². The fourth-order valence-corrected chi connectivity index (χ4v) is 5.59. The van der Waals surface area contributed by atoms with Crippen molar-refractivity contribution in [3.8, 4) is 17.1 Å². The van der Waals surface area contributed by atoms with Gasteiger partial charge in [0.15, 0.2) is 0 Å². The van der Waals surface area contributed by atoms with Gasteiger partial charge in [0.25, 0.3) is 0 Å². The number of pyridine rings is 1. The molecule has 1 aliphatic heterocycles. The van der Waals surface area contributed by atoms with E-state index in [9.17, 15) is 0 Å². The molecule has 0 aliphatic carbocycles. The van der Waals surface area contributed by atoms with E-state index in [0.29, 0.717) is 19.1 Å². The van der Waals surface area contributed by atoms with Gasteiger partial charge in [-0.15, -0.1) is 0 Å². The minimum absolute atomic E-state index is 0.240. The first kappa shape index (κ1) is 23.4. The molecule has 1 saturated heterocycles. The van der Waals surface area contributed by atoms with Crippen molar-refractivity contribution in [3.05, 3.63) is 132 Å². The Morgan fingerprint density at radius 1 is 0.821 bits per heavy atom. The van der Waals surface area contributed by atoms with Gasteiger partial charge in [0.2, 0.25) is 5.88 Å². The fourth-order valence-electron chi connectivity index (χ4n) is 5.59. The molecule has 0 saturated carbocycles. The highest BCUT2D eigenvalue weighted by atomic mass is 16.5. The smallest absolute Gasteiger partial charge is 0.224 e. The Morgan fingerprint density at radius 2 is 1.41 bits per heavy atom. The Labute approximate surface area is 226 Å². The summed E-state index contributed by atoms with van der Waals surface area (Å²) in [6.07, 6.45) is 5.69.